The van der Waals surface area contributed by atoms with Crippen molar-refractivity contribution in [3.05, 3.63) is 65.1 Å². The van der Waals surface area contributed by atoms with E-state index >= 15 is 0 Å². The molecule has 0 aromatic heterocycles. The SMILES string of the molecule is COc1cccc([C@H]2NC(=O)N(C)C3=C2C(=O)N(c2ccc(F)cc2)C3)c1OC. The molecule has 1 atom stereocenters. The van der Waals surface area contributed by atoms with Gasteiger partial charge in [-0.2, -0.15) is 0 Å². The quantitative estimate of drug-likeness (QED) is 0.861. The van der Waals surface area contributed by atoms with Crippen LogP contribution in [0.15, 0.2) is 53.7 Å². The minimum Gasteiger partial charge on any atom is -0.493 e. The zero-order chi connectivity index (χ0) is 20.7. The maximum absolute atomic E-state index is 13.3. The van der Waals surface area contributed by atoms with Crippen LogP contribution in [0.4, 0.5) is 14.9 Å². The number of carbonyl (C=O) groups is 2. The third-order valence-corrected chi connectivity index (χ3v) is 5.24. The Hall–Kier alpha value is -3.55. The van der Waals surface area contributed by atoms with Crippen LogP contribution in [0.2, 0.25) is 0 Å². The Morgan fingerprint density at radius 2 is 1.79 bits per heavy atom. The summed E-state index contributed by atoms with van der Waals surface area (Å²) in [5.41, 5.74) is 2.22. The van der Waals surface area contributed by atoms with Crippen molar-refractivity contribution in [3.8, 4) is 11.5 Å². The molecule has 0 saturated heterocycles. The summed E-state index contributed by atoms with van der Waals surface area (Å²) in [6.45, 7) is 0.215. The van der Waals surface area contributed by atoms with Gasteiger partial charge in [0.1, 0.15) is 5.82 Å². The van der Waals surface area contributed by atoms with Gasteiger partial charge < -0.3 is 19.7 Å². The Kier molecular flexibility index (Phi) is 4.62. The van der Waals surface area contributed by atoms with Crippen molar-refractivity contribution in [1.82, 2.24) is 10.2 Å². The van der Waals surface area contributed by atoms with Gasteiger partial charge in [0.2, 0.25) is 0 Å². The van der Waals surface area contributed by atoms with E-state index in [1.165, 1.54) is 36.2 Å². The lowest BCUT2D eigenvalue weighted by Crippen LogP contribution is -2.45. The molecule has 1 N–H and O–H groups in total. The van der Waals surface area contributed by atoms with Crippen molar-refractivity contribution in [2.75, 3.05) is 32.7 Å². The summed E-state index contributed by atoms with van der Waals surface area (Å²) >= 11 is 0. The summed E-state index contributed by atoms with van der Waals surface area (Å²) in [6, 6.07) is 9.98. The molecule has 0 aliphatic carbocycles. The fourth-order valence-electron chi connectivity index (χ4n) is 3.77. The Labute approximate surface area is 167 Å². The van der Waals surface area contributed by atoms with E-state index in [0.717, 1.165) is 0 Å². The first-order valence-electron chi connectivity index (χ1n) is 9.01. The Morgan fingerprint density at radius 1 is 1.07 bits per heavy atom. The second-order valence-electron chi connectivity index (χ2n) is 6.75. The molecule has 4 rings (SSSR count). The number of halogens is 1. The van der Waals surface area contributed by atoms with Crippen molar-refractivity contribution < 1.29 is 23.5 Å². The monoisotopic (exact) mass is 397 g/mol. The summed E-state index contributed by atoms with van der Waals surface area (Å²) in [7, 11) is 4.65. The molecule has 2 aliphatic heterocycles. The summed E-state index contributed by atoms with van der Waals surface area (Å²) in [4.78, 5) is 28.9. The van der Waals surface area contributed by atoms with Crippen molar-refractivity contribution in [2.24, 2.45) is 0 Å². The van der Waals surface area contributed by atoms with Crippen molar-refractivity contribution in [3.63, 3.8) is 0 Å². The highest BCUT2D eigenvalue weighted by Gasteiger charge is 2.44. The molecule has 150 valence electrons. The van der Waals surface area contributed by atoms with Gasteiger partial charge in [0.25, 0.3) is 5.91 Å². The third kappa shape index (κ3) is 2.97. The van der Waals surface area contributed by atoms with Crippen LogP contribution in [-0.2, 0) is 4.79 Å². The highest BCUT2D eigenvalue weighted by atomic mass is 19.1. The fourth-order valence-corrected chi connectivity index (χ4v) is 3.77. The average molecular weight is 397 g/mol. The Bertz CT molecular complexity index is 1020. The zero-order valence-corrected chi connectivity index (χ0v) is 16.2. The number of amides is 3. The molecule has 29 heavy (non-hydrogen) atoms. The lowest BCUT2D eigenvalue weighted by atomic mass is 9.94. The van der Waals surface area contributed by atoms with Gasteiger partial charge in [0.05, 0.1) is 38.1 Å². The van der Waals surface area contributed by atoms with E-state index in [0.29, 0.717) is 34.0 Å². The van der Waals surface area contributed by atoms with Crippen LogP contribution in [0, 0.1) is 5.82 Å². The number of methoxy groups -OCH3 is 2. The second kappa shape index (κ2) is 7.12. The van der Waals surface area contributed by atoms with Crippen molar-refractivity contribution in [1.29, 1.82) is 0 Å². The van der Waals surface area contributed by atoms with Crippen LogP contribution < -0.4 is 19.7 Å². The molecule has 2 aliphatic rings. The van der Waals surface area contributed by atoms with Gasteiger partial charge in [0.15, 0.2) is 11.5 Å². The molecule has 0 saturated carbocycles. The molecule has 2 aromatic carbocycles. The lowest BCUT2D eigenvalue weighted by Gasteiger charge is -2.31. The number of nitrogens with one attached hydrogen (secondary N) is 1. The highest BCUT2D eigenvalue weighted by Crippen LogP contribution is 2.42. The van der Waals surface area contributed by atoms with E-state index in [-0.39, 0.29) is 24.3 Å². The molecule has 2 heterocycles. The van der Waals surface area contributed by atoms with Crippen LogP contribution in [-0.4, -0.2) is 44.7 Å². The van der Waals surface area contributed by atoms with Gasteiger partial charge in [-0.15, -0.1) is 0 Å². The number of benzene rings is 2. The van der Waals surface area contributed by atoms with E-state index in [1.807, 2.05) is 0 Å². The molecule has 0 radical (unpaired) electrons. The highest BCUT2D eigenvalue weighted by molar-refractivity contribution is 6.11. The van der Waals surface area contributed by atoms with E-state index in [9.17, 15) is 14.0 Å². The molecule has 0 unspecified atom stereocenters. The first kappa shape index (κ1) is 18.8. The second-order valence-corrected chi connectivity index (χ2v) is 6.75. The maximum Gasteiger partial charge on any atom is 0.322 e. The summed E-state index contributed by atoms with van der Waals surface area (Å²) in [6.07, 6.45) is 0. The van der Waals surface area contributed by atoms with E-state index in [2.05, 4.69) is 5.32 Å². The van der Waals surface area contributed by atoms with E-state index in [4.69, 9.17) is 9.47 Å². The number of anilines is 1. The van der Waals surface area contributed by atoms with Gasteiger partial charge in [-0.25, -0.2) is 9.18 Å². The molecule has 8 heteroatoms. The maximum atomic E-state index is 13.3. The van der Waals surface area contributed by atoms with Crippen LogP contribution in [0.5, 0.6) is 11.5 Å². The molecular weight excluding hydrogens is 377 g/mol. The van der Waals surface area contributed by atoms with Gasteiger partial charge in [-0.05, 0) is 30.3 Å². The number of hydrogen-bond acceptors (Lipinski definition) is 4. The predicted octanol–water partition coefficient (Wildman–Crippen LogP) is 2.84. The molecular formula is C21H20FN3O4. The first-order valence-corrected chi connectivity index (χ1v) is 9.01. The van der Waals surface area contributed by atoms with Gasteiger partial charge >= 0.3 is 6.03 Å². The number of urea groups is 1. The van der Waals surface area contributed by atoms with Crippen LogP contribution in [0.25, 0.3) is 0 Å². The lowest BCUT2D eigenvalue weighted by molar-refractivity contribution is -0.114. The number of para-hydroxylation sites is 1. The Morgan fingerprint density at radius 3 is 2.45 bits per heavy atom. The molecule has 0 bridgehead atoms. The van der Waals surface area contributed by atoms with Crippen molar-refractivity contribution in [2.45, 2.75) is 6.04 Å². The number of hydrogen-bond donors (Lipinski definition) is 1. The van der Waals surface area contributed by atoms with Gasteiger partial charge in [0, 0.05) is 18.3 Å². The van der Waals surface area contributed by atoms with Gasteiger partial charge in [-0.1, -0.05) is 12.1 Å². The smallest absolute Gasteiger partial charge is 0.322 e. The molecule has 0 spiro atoms. The number of likely N-dealkylation sites (N-methyl/N-ethyl adjacent to an activating group) is 1. The zero-order valence-electron chi connectivity index (χ0n) is 16.2. The standard InChI is InChI=1S/C21H20FN3O4/c1-24-15-11-25(13-9-7-12(22)8-10-13)20(26)17(15)18(23-21(24)27)14-5-4-6-16(28-2)19(14)29-3/h4-10,18H,11H2,1-3H3,(H,23,27)/t18-/m1/s1. The number of nitrogens with zero attached hydrogens (tertiary/aromatic N) is 2. The first-order chi connectivity index (χ1) is 14.0. The summed E-state index contributed by atoms with van der Waals surface area (Å²) < 4.78 is 24.2. The third-order valence-electron chi connectivity index (χ3n) is 5.24. The number of rotatable bonds is 4. The summed E-state index contributed by atoms with van der Waals surface area (Å²) in [5, 5.41) is 2.88. The van der Waals surface area contributed by atoms with E-state index < -0.39 is 6.04 Å². The van der Waals surface area contributed by atoms with Crippen LogP contribution >= 0.6 is 0 Å². The molecule has 3 amide bonds. The van der Waals surface area contributed by atoms with E-state index in [1.54, 1.807) is 37.4 Å². The van der Waals surface area contributed by atoms with Gasteiger partial charge in [-0.3, -0.25) is 9.69 Å². The molecule has 7 nitrogen and oxygen atoms in total. The topological polar surface area (TPSA) is 71.1 Å². The minimum atomic E-state index is -0.698. The molecule has 2 aromatic rings. The summed E-state index contributed by atoms with van der Waals surface area (Å²) in [5.74, 6) is 0.310. The number of ether oxygens (including phenoxy) is 2. The molecule has 0 fully saturated rings. The van der Waals surface area contributed by atoms with Crippen LogP contribution in [0.3, 0.4) is 0 Å². The normalized spacial score (nSPS) is 18.7. The minimum absolute atomic E-state index is 0.215. The predicted molar refractivity (Wildman–Crippen MR) is 104 cm³/mol. The number of carbonyl (C=O) groups excluding carboxylic acids is 2. The average Bonchev–Trinajstić information content (AvgIpc) is 3.08. The van der Waals surface area contributed by atoms with Crippen molar-refractivity contribution >= 4 is 17.6 Å². The largest absolute Gasteiger partial charge is 0.493 e. The Balaban J connectivity index is 1.80. The van der Waals surface area contributed by atoms with Crippen LogP contribution in [0.1, 0.15) is 11.6 Å². The fraction of sp³-hybridized carbons (Fsp3) is 0.238.